The molecule has 4 heterocycles. The maximum Gasteiger partial charge on any atom is 0.163 e. The Morgan fingerprint density at radius 2 is 1.21 bits per heavy atom. The molecule has 0 amide bonds. The number of para-hydroxylation sites is 1. The summed E-state index contributed by atoms with van der Waals surface area (Å²) in [4.78, 5) is 19.5. The van der Waals surface area contributed by atoms with Crippen molar-refractivity contribution >= 4 is 38.1 Å². The zero-order chi connectivity index (χ0) is 27.1. The molecule has 7 aromatic rings. The van der Waals surface area contributed by atoms with E-state index in [2.05, 4.69) is 112 Å². The van der Waals surface area contributed by atoms with Gasteiger partial charge in [-0.05, 0) is 36.4 Å². The van der Waals surface area contributed by atoms with E-state index in [1.165, 1.54) is 32.6 Å². The lowest BCUT2D eigenvalue weighted by molar-refractivity contribution is 0.497. The Morgan fingerprint density at radius 1 is 0.564 bits per heavy atom. The van der Waals surface area contributed by atoms with Crippen LogP contribution in [0.15, 0.2) is 79.0 Å². The summed E-state index contributed by atoms with van der Waals surface area (Å²) in [6.45, 7) is 12.9. The molecule has 0 spiro atoms. The maximum absolute atomic E-state index is 4.98. The first-order valence-corrected chi connectivity index (χ1v) is 13.5. The first-order valence-electron chi connectivity index (χ1n) is 13.5. The van der Waals surface area contributed by atoms with Crippen molar-refractivity contribution in [2.45, 2.75) is 52.4 Å². The number of pyridine rings is 1. The topological polar surface area (TPSA) is 56.0 Å². The first kappa shape index (κ1) is 23.7. The zero-order valence-electron chi connectivity index (χ0n) is 23.2. The predicted molar refractivity (Wildman–Crippen MR) is 161 cm³/mol. The van der Waals surface area contributed by atoms with Crippen LogP contribution in [0.5, 0.6) is 0 Å². The summed E-state index contributed by atoms with van der Waals surface area (Å²) in [5.74, 6) is 2.35. The van der Waals surface area contributed by atoms with Crippen LogP contribution in [0.25, 0.3) is 60.7 Å². The lowest BCUT2D eigenvalue weighted by atomic mass is 9.93. The van der Waals surface area contributed by atoms with Crippen molar-refractivity contribution < 1.29 is 0 Å². The van der Waals surface area contributed by atoms with Gasteiger partial charge in [-0.3, -0.25) is 4.98 Å². The summed E-state index contributed by atoms with van der Waals surface area (Å²) in [6.07, 6.45) is 1.86. The van der Waals surface area contributed by atoms with Gasteiger partial charge >= 0.3 is 0 Å². The molecule has 4 aromatic heterocycles. The second kappa shape index (κ2) is 8.06. The standard InChI is InChI=1S/C34H31N5/c1-33(2,3)31-36-30(37-32(38-31)34(4,5)6)20-14-15-23-25-18-21(26-12-9-10-16-35-26)17-24-22-11-7-8-13-27(22)39(29(24)25)28(23)19-20/h7-19H,1-6H3. The van der Waals surface area contributed by atoms with Crippen molar-refractivity contribution in [2.24, 2.45) is 0 Å². The fourth-order valence-corrected chi connectivity index (χ4v) is 5.49. The molecule has 0 radical (unpaired) electrons. The summed E-state index contributed by atoms with van der Waals surface area (Å²) in [5, 5.41) is 4.93. The minimum absolute atomic E-state index is 0.185. The molecule has 39 heavy (non-hydrogen) atoms. The van der Waals surface area contributed by atoms with E-state index >= 15 is 0 Å². The minimum Gasteiger partial charge on any atom is -0.308 e. The average Bonchev–Trinajstić information content (AvgIpc) is 3.43. The molecule has 0 N–H and O–H groups in total. The highest BCUT2D eigenvalue weighted by Crippen LogP contribution is 2.42. The molecule has 0 fully saturated rings. The van der Waals surface area contributed by atoms with Crippen LogP contribution in [0, 0.1) is 0 Å². The van der Waals surface area contributed by atoms with E-state index in [1.807, 2.05) is 18.3 Å². The van der Waals surface area contributed by atoms with Crippen LogP contribution in [0.4, 0.5) is 0 Å². The van der Waals surface area contributed by atoms with Crippen molar-refractivity contribution in [2.75, 3.05) is 0 Å². The number of nitrogens with zero attached hydrogens (tertiary/aromatic N) is 5. The van der Waals surface area contributed by atoms with E-state index in [4.69, 9.17) is 15.0 Å². The number of hydrogen-bond acceptors (Lipinski definition) is 4. The molecule has 3 aromatic carbocycles. The molecule has 0 saturated carbocycles. The molecular weight excluding hydrogens is 478 g/mol. The second-order valence-electron chi connectivity index (χ2n) is 12.5. The molecule has 0 aliphatic rings. The molecule has 5 heteroatoms. The highest BCUT2D eigenvalue weighted by Gasteiger charge is 2.26. The van der Waals surface area contributed by atoms with Crippen molar-refractivity contribution in [3.63, 3.8) is 0 Å². The quantitative estimate of drug-likeness (QED) is 0.235. The van der Waals surface area contributed by atoms with E-state index in [0.29, 0.717) is 0 Å². The fraction of sp³-hybridized carbons (Fsp3) is 0.235. The van der Waals surface area contributed by atoms with Crippen LogP contribution < -0.4 is 0 Å². The summed E-state index contributed by atoms with van der Waals surface area (Å²) in [7, 11) is 0. The van der Waals surface area contributed by atoms with Gasteiger partial charge in [-0.2, -0.15) is 0 Å². The molecular formula is C34H31N5. The van der Waals surface area contributed by atoms with Crippen LogP contribution in [0.3, 0.4) is 0 Å². The summed E-state index contributed by atoms with van der Waals surface area (Å²) >= 11 is 0. The molecule has 7 rings (SSSR count). The molecule has 0 aliphatic carbocycles. The summed E-state index contributed by atoms with van der Waals surface area (Å²) < 4.78 is 2.40. The number of rotatable bonds is 2. The number of benzene rings is 3. The van der Waals surface area contributed by atoms with Crippen LogP contribution in [0.1, 0.15) is 53.2 Å². The van der Waals surface area contributed by atoms with Crippen molar-refractivity contribution in [1.82, 2.24) is 24.3 Å². The van der Waals surface area contributed by atoms with Crippen LogP contribution in [0.2, 0.25) is 0 Å². The van der Waals surface area contributed by atoms with Gasteiger partial charge < -0.3 is 4.40 Å². The van der Waals surface area contributed by atoms with E-state index in [0.717, 1.165) is 39.8 Å². The monoisotopic (exact) mass is 509 g/mol. The highest BCUT2D eigenvalue weighted by molar-refractivity contribution is 6.24. The number of hydrogen-bond donors (Lipinski definition) is 0. The molecule has 0 bridgehead atoms. The van der Waals surface area contributed by atoms with Gasteiger partial charge in [0, 0.05) is 49.7 Å². The van der Waals surface area contributed by atoms with Crippen LogP contribution >= 0.6 is 0 Å². The van der Waals surface area contributed by atoms with Gasteiger partial charge in [0.05, 0.1) is 22.2 Å². The SMILES string of the molecule is CC(C)(C)c1nc(-c2ccc3c4cc(-c5ccccn5)cc5c6ccccc6n(c3c2)c54)nc(C(C)(C)C)n1. The van der Waals surface area contributed by atoms with Gasteiger partial charge in [0.25, 0.3) is 0 Å². The zero-order valence-corrected chi connectivity index (χ0v) is 23.2. The third-order valence-electron chi connectivity index (χ3n) is 7.49. The smallest absolute Gasteiger partial charge is 0.163 e. The first-order chi connectivity index (χ1) is 18.6. The van der Waals surface area contributed by atoms with Crippen LogP contribution in [-0.2, 0) is 10.8 Å². The van der Waals surface area contributed by atoms with Gasteiger partial charge in [-0.25, -0.2) is 15.0 Å². The number of aromatic nitrogens is 5. The molecule has 5 nitrogen and oxygen atoms in total. The van der Waals surface area contributed by atoms with Gasteiger partial charge in [0.1, 0.15) is 11.6 Å². The average molecular weight is 510 g/mol. The summed E-state index contributed by atoms with van der Waals surface area (Å²) in [5.41, 5.74) is 6.32. The van der Waals surface area contributed by atoms with E-state index in [-0.39, 0.29) is 10.8 Å². The van der Waals surface area contributed by atoms with E-state index in [1.54, 1.807) is 0 Å². The Labute approximate surface area is 227 Å². The van der Waals surface area contributed by atoms with Gasteiger partial charge in [0.2, 0.25) is 0 Å². The Bertz CT molecular complexity index is 1990. The third-order valence-corrected chi connectivity index (χ3v) is 7.49. The highest BCUT2D eigenvalue weighted by atomic mass is 15.1. The summed E-state index contributed by atoms with van der Waals surface area (Å²) in [6, 6.07) is 25.9. The minimum atomic E-state index is -0.185. The van der Waals surface area contributed by atoms with Gasteiger partial charge in [-0.15, -0.1) is 0 Å². The molecule has 0 unspecified atom stereocenters. The van der Waals surface area contributed by atoms with Crippen molar-refractivity contribution in [1.29, 1.82) is 0 Å². The van der Waals surface area contributed by atoms with Gasteiger partial charge in [0.15, 0.2) is 5.82 Å². The van der Waals surface area contributed by atoms with Crippen molar-refractivity contribution in [3.8, 4) is 22.6 Å². The Hall–Kier alpha value is -4.38. The fourth-order valence-electron chi connectivity index (χ4n) is 5.49. The third kappa shape index (κ3) is 3.68. The Balaban J connectivity index is 1.55. The normalized spacial score (nSPS) is 12.9. The van der Waals surface area contributed by atoms with Crippen LogP contribution in [-0.4, -0.2) is 24.3 Å². The molecule has 0 aliphatic heterocycles. The largest absolute Gasteiger partial charge is 0.308 e. The maximum atomic E-state index is 4.98. The van der Waals surface area contributed by atoms with E-state index in [9.17, 15) is 0 Å². The predicted octanol–water partition coefficient (Wildman–Crippen LogP) is 8.35. The second-order valence-corrected chi connectivity index (χ2v) is 12.5. The molecule has 0 atom stereocenters. The van der Waals surface area contributed by atoms with Crippen molar-refractivity contribution in [3.05, 3.63) is 90.6 Å². The Morgan fingerprint density at radius 3 is 1.85 bits per heavy atom. The van der Waals surface area contributed by atoms with E-state index < -0.39 is 0 Å². The lowest BCUT2D eigenvalue weighted by Crippen LogP contribution is -2.24. The Kier molecular flexibility index (Phi) is 4.90. The van der Waals surface area contributed by atoms with Gasteiger partial charge in [-0.1, -0.05) is 77.9 Å². The molecule has 192 valence electrons. The number of fused-ring (bicyclic) bond motifs is 6. The molecule has 0 saturated heterocycles. The lowest BCUT2D eigenvalue weighted by Gasteiger charge is -2.22.